The Balaban J connectivity index is 0.000000296. The Bertz CT molecular complexity index is 2190. The molecule has 5 unspecified atom stereocenters. The standard InChI is InChI=1S/C32H40N4O4S2.C15H21N3O3S/c1-31(2,3)14-26(38)19-9-7-17-11-21(19)29-35-24(16-42-29)28(40)33-18-8-10-20(27(39)36-32(4,5)6)22(13-18)30-34-23(15-41-30)25(37)12-17;1-15(2,3)18-13(20)11-5-4-10(6-9(11)7-19)17-14(21)12(16)8-22/h7-11,13,23-24,29-30,34-35H,12,14-16H2,1-6H3,(H,33,40)(H,36,39);4-7,12,22H,8,16H2,1-3H3,(H,17,21)(H,18,20). The summed E-state index contributed by atoms with van der Waals surface area (Å²) in [7, 11) is 0. The number of thiol groups is 1. The number of carbonyl (C=O) groups excluding carboxylic acids is 7. The lowest BCUT2D eigenvalue weighted by molar-refractivity contribution is -0.120. The van der Waals surface area contributed by atoms with Crippen LogP contribution in [0.1, 0.15) is 138 Å². The van der Waals surface area contributed by atoms with Gasteiger partial charge >= 0.3 is 0 Å². The van der Waals surface area contributed by atoms with Gasteiger partial charge in [-0.05, 0) is 100 Å². The zero-order valence-corrected chi connectivity index (χ0v) is 40.4. The molecule has 8 N–H and O–H groups in total. The predicted octanol–water partition coefficient (Wildman–Crippen LogP) is 6.23. The van der Waals surface area contributed by atoms with Gasteiger partial charge in [-0.25, -0.2) is 0 Å². The fraction of sp³-hybridized carbons (Fsp3) is 0.468. The van der Waals surface area contributed by atoms with Gasteiger partial charge < -0.3 is 27.0 Å². The largest absolute Gasteiger partial charge is 0.347 e. The Morgan fingerprint density at radius 1 is 0.781 bits per heavy atom. The number of carbonyl (C=O) groups is 7. The van der Waals surface area contributed by atoms with E-state index in [2.05, 4.69) is 44.5 Å². The summed E-state index contributed by atoms with van der Waals surface area (Å²) in [5.41, 5.74) is 9.54. The van der Waals surface area contributed by atoms with Crippen molar-refractivity contribution in [1.82, 2.24) is 21.3 Å². The van der Waals surface area contributed by atoms with Crippen LogP contribution in [0.5, 0.6) is 0 Å². The van der Waals surface area contributed by atoms with Crippen molar-refractivity contribution in [3.05, 3.63) is 93.5 Å². The van der Waals surface area contributed by atoms with E-state index in [0.717, 1.165) is 16.7 Å². The molecule has 0 spiro atoms. The average Bonchev–Trinajstić information content (AvgIpc) is 3.90. The Labute approximate surface area is 389 Å². The van der Waals surface area contributed by atoms with Crippen molar-refractivity contribution in [2.45, 2.75) is 115 Å². The zero-order valence-electron chi connectivity index (χ0n) is 37.9. The minimum absolute atomic E-state index is 0.0555. The molecule has 0 aliphatic carbocycles. The van der Waals surface area contributed by atoms with Gasteiger partial charge in [-0.15, -0.1) is 23.5 Å². The number of hydrogen-bond acceptors (Lipinski definition) is 13. The summed E-state index contributed by atoms with van der Waals surface area (Å²) in [6, 6.07) is 13.9. The number of Topliss-reactive ketones (excluding diaryl/α,β-unsaturated/α-hetero) is 2. The zero-order chi connectivity index (χ0) is 47.3. The molecule has 3 aliphatic rings. The molecule has 8 bridgehead atoms. The Kier molecular flexibility index (Phi) is 16.4. The van der Waals surface area contributed by atoms with E-state index < -0.39 is 35.1 Å². The van der Waals surface area contributed by atoms with Gasteiger partial charge in [0, 0.05) is 74.8 Å². The van der Waals surface area contributed by atoms with Crippen LogP contribution in [0.3, 0.4) is 0 Å². The first-order chi connectivity index (χ1) is 29.8. The van der Waals surface area contributed by atoms with Crippen molar-refractivity contribution in [3.63, 3.8) is 0 Å². The van der Waals surface area contributed by atoms with Crippen molar-refractivity contribution in [2.75, 3.05) is 27.9 Å². The van der Waals surface area contributed by atoms with Crippen molar-refractivity contribution in [1.29, 1.82) is 0 Å². The molecule has 344 valence electrons. The molecular weight excluding hydrogens is 871 g/mol. The van der Waals surface area contributed by atoms with Crippen molar-refractivity contribution in [2.24, 2.45) is 11.1 Å². The minimum Gasteiger partial charge on any atom is -0.347 e. The van der Waals surface area contributed by atoms with Crippen LogP contribution in [0.2, 0.25) is 0 Å². The molecule has 0 radical (unpaired) electrons. The van der Waals surface area contributed by atoms with Crippen LogP contribution in [0, 0.1) is 5.41 Å². The number of anilines is 2. The molecule has 64 heavy (non-hydrogen) atoms. The lowest BCUT2D eigenvalue weighted by Crippen LogP contribution is -2.41. The van der Waals surface area contributed by atoms with E-state index in [1.807, 2.05) is 86.6 Å². The van der Waals surface area contributed by atoms with Crippen LogP contribution >= 0.6 is 36.2 Å². The molecule has 5 atom stereocenters. The van der Waals surface area contributed by atoms with E-state index in [1.165, 1.54) is 12.1 Å². The van der Waals surface area contributed by atoms with Crippen LogP contribution in [0.4, 0.5) is 11.4 Å². The molecule has 3 aromatic rings. The Morgan fingerprint density at radius 3 is 1.94 bits per heavy atom. The lowest BCUT2D eigenvalue weighted by Gasteiger charge is -2.24. The number of ketones is 2. The number of fused-ring (bicyclic) bond motifs is 10. The van der Waals surface area contributed by atoms with Crippen LogP contribution < -0.4 is 37.6 Å². The van der Waals surface area contributed by atoms with E-state index in [9.17, 15) is 33.6 Å². The molecule has 2 saturated heterocycles. The van der Waals surface area contributed by atoms with Gasteiger partial charge in [0.05, 0.1) is 28.9 Å². The molecule has 3 aromatic carbocycles. The third-order valence-electron chi connectivity index (χ3n) is 10.1. The topological polar surface area (TPSA) is 218 Å². The maximum absolute atomic E-state index is 13.5. The predicted molar refractivity (Wildman–Crippen MR) is 260 cm³/mol. The summed E-state index contributed by atoms with van der Waals surface area (Å²) >= 11 is 7.11. The smallest absolute Gasteiger partial charge is 0.252 e. The summed E-state index contributed by atoms with van der Waals surface area (Å²) in [6.45, 7) is 17.4. The molecule has 6 rings (SSSR count). The van der Waals surface area contributed by atoms with Crippen LogP contribution in [-0.4, -0.2) is 87.9 Å². The van der Waals surface area contributed by atoms with Crippen LogP contribution in [0.15, 0.2) is 54.6 Å². The molecule has 3 aliphatic heterocycles. The average molecular weight is 932 g/mol. The van der Waals surface area contributed by atoms with Gasteiger partial charge in [0.1, 0.15) is 0 Å². The second kappa shape index (κ2) is 20.8. The van der Waals surface area contributed by atoms with Gasteiger partial charge in [-0.3, -0.25) is 44.2 Å². The third kappa shape index (κ3) is 13.7. The lowest BCUT2D eigenvalue weighted by atomic mass is 9.86. The number of nitrogens with one attached hydrogen (secondary N) is 6. The summed E-state index contributed by atoms with van der Waals surface area (Å²) in [6.07, 6.45) is 1.20. The first kappa shape index (κ1) is 50.5. The first-order valence-electron chi connectivity index (χ1n) is 21.1. The molecule has 14 nitrogen and oxygen atoms in total. The quantitative estimate of drug-likeness (QED) is 0.0717. The number of benzene rings is 3. The monoisotopic (exact) mass is 931 g/mol. The van der Waals surface area contributed by atoms with Crippen LogP contribution in [0.25, 0.3) is 0 Å². The number of amides is 4. The molecule has 0 aromatic heterocycles. The van der Waals surface area contributed by atoms with Gasteiger partial charge in [0.25, 0.3) is 11.8 Å². The second-order valence-electron chi connectivity index (χ2n) is 19.5. The van der Waals surface area contributed by atoms with Crippen LogP contribution in [-0.2, 0) is 20.8 Å². The second-order valence-corrected chi connectivity index (χ2v) is 22.1. The van der Waals surface area contributed by atoms with E-state index in [4.69, 9.17) is 5.73 Å². The number of hydrogen-bond donors (Lipinski definition) is 8. The minimum atomic E-state index is -0.744. The SMILES string of the molecule is CC(C)(C)CC(=O)c1ccc2cc1C1NC(CS1)C(=O)Nc1ccc(C(=O)NC(C)(C)C)c(c1)C1NC(CS1)C(=O)C2.CC(C)(C)NC(=O)c1ccc(NC(=O)C(N)CS)cc1C=O. The van der Waals surface area contributed by atoms with E-state index in [1.54, 1.807) is 41.7 Å². The summed E-state index contributed by atoms with van der Waals surface area (Å²) < 4.78 is 0. The number of nitrogens with two attached hydrogens (primary N) is 1. The Morgan fingerprint density at radius 2 is 1.34 bits per heavy atom. The number of thioether (sulfide) groups is 2. The van der Waals surface area contributed by atoms with Gasteiger partial charge in [-0.2, -0.15) is 12.6 Å². The van der Waals surface area contributed by atoms with Gasteiger partial charge in [0.15, 0.2) is 17.9 Å². The van der Waals surface area contributed by atoms with E-state index in [-0.39, 0.29) is 68.8 Å². The molecule has 2 fully saturated rings. The molecular formula is C47H61N7O7S3. The fourth-order valence-corrected chi connectivity index (χ4v) is 9.84. The number of rotatable bonds is 8. The maximum atomic E-state index is 13.5. The summed E-state index contributed by atoms with van der Waals surface area (Å²) in [4.78, 5) is 88.6. The highest BCUT2D eigenvalue weighted by atomic mass is 32.2. The maximum Gasteiger partial charge on any atom is 0.252 e. The molecule has 17 heteroatoms. The van der Waals surface area contributed by atoms with Gasteiger partial charge in [-0.1, -0.05) is 39.0 Å². The molecule has 3 heterocycles. The highest BCUT2D eigenvalue weighted by molar-refractivity contribution is 8.00. The highest BCUT2D eigenvalue weighted by Gasteiger charge is 2.36. The molecule has 4 amide bonds. The van der Waals surface area contributed by atoms with E-state index in [0.29, 0.717) is 46.7 Å². The van der Waals surface area contributed by atoms with E-state index >= 15 is 0 Å². The third-order valence-corrected chi connectivity index (χ3v) is 13.0. The van der Waals surface area contributed by atoms with Crippen molar-refractivity contribution >= 4 is 89.0 Å². The first-order valence-corrected chi connectivity index (χ1v) is 23.9. The highest BCUT2D eigenvalue weighted by Crippen LogP contribution is 2.39. The number of aldehydes is 1. The van der Waals surface area contributed by atoms with Crippen molar-refractivity contribution in [3.8, 4) is 0 Å². The molecule has 0 saturated carbocycles. The fourth-order valence-electron chi connectivity index (χ4n) is 7.11. The Hall–Kier alpha value is -4.52. The summed E-state index contributed by atoms with van der Waals surface area (Å²) in [5.74, 6) is 0.301. The summed E-state index contributed by atoms with van der Waals surface area (Å²) in [5, 5.41) is 17.7. The van der Waals surface area contributed by atoms with Gasteiger partial charge in [0.2, 0.25) is 11.8 Å². The normalized spacial score (nSPS) is 20.2. The van der Waals surface area contributed by atoms with Crippen molar-refractivity contribution < 1.29 is 33.6 Å².